The molecule has 0 atom stereocenters. The molecule has 204 valence electrons. The second-order valence-electron chi connectivity index (χ2n) is 9.90. The number of anilines is 3. The lowest BCUT2D eigenvalue weighted by Gasteiger charge is -2.35. The zero-order valence-corrected chi connectivity index (χ0v) is 23.1. The summed E-state index contributed by atoms with van der Waals surface area (Å²) >= 11 is 0.802. The average molecular weight is 581 g/mol. The van der Waals surface area contributed by atoms with Crippen molar-refractivity contribution in [2.45, 2.75) is 25.7 Å². The van der Waals surface area contributed by atoms with Crippen molar-refractivity contribution in [1.82, 2.24) is 3.97 Å². The minimum absolute atomic E-state index is 0.180. The summed E-state index contributed by atoms with van der Waals surface area (Å²) in [5, 5.41) is 11.8. The van der Waals surface area contributed by atoms with Gasteiger partial charge < -0.3 is 15.3 Å². The van der Waals surface area contributed by atoms with Gasteiger partial charge in [-0.3, -0.25) is 14.3 Å². The zero-order valence-electron chi connectivity index (χ0n) is 20.6. The molecule has 1 saturated carbocycles. The van der Waals surface area contributed by atoms with E-state index in [1.54, 1.807) is 24.3 Å². The lowest BCUT2D eigenvalue weighted by molar-refractivity contribution is 0.102. The maximum absolute atomic E-state index is 13.4. The standard InChI is InChI=1S/C24H28N4O7S3/c1-37(32,33)28-20-14-16(3-5-21(20)36-23(28)31)25-22(30)18-4-2-17(26-38(34,35)13-12-29)15-19(18)27-10-8-24(6-7-24)9-11-27/h2-5,14-15,26,29H,6-13H2,1H3,(H,25,30). The molecule has 2 fully saturated rings. The Morgan fingerprint density at radius 1 is 1.03 bits per heavy atom. The van der Waals surface area contributed by atoms with Gasteiger partial charge in [0.25, 0.3) is 5.91 Å². The quantitative estimate of drug-likeness (QED) is 0.367. The molecule has 3 aromatic rings. The number of hydrogen-bond donors (Lipinski definition) is 3. The summed E-state index contributed by atoms with van der Waals surface area (Å²) < 4.78 is 52.4. The Morgan fingerprint density at radius 3 is 2.34 bits per heavy atom. The first kappa shape index (κ1) is 26.7. The monoisotopic (exact) mass is 580 g/mol. The summed E-state index contributed by atoms with van der Waals surface area (Å²) in [7, 11) is -7.59. The van der Waals surface area contributed by atoms with Crippen LogP contribution in [0.5, 0.6) is 0 Å². The van der Waals surface area contributed by atoms with Gasteiger partial charge in [0.15, 0.2) is 0 Å². The topological polar surface area (TPSA) is 155 Å². The van der Waals surface area contributed by atoms with Gasteiger partial charge in [-0.15, -0.1) is 0 Å². The molecule has 5 rings (SSSR count). The smallest absolute Gasteiger partial charge is 0.321 e. The lowest BCUT2D eigenvalue weighted by Crippen LogP contribution is -2.35. The van der Waals surface area contributed by atoms with Crippen LogP contribution in [0.25, 0.3) is 10.2 Å². The fraction of sp³-hybridized carbons (Fsp3) is 0.417. The van der Waals surface area contributed by atoms with Gasteiger partial charge in [-0.2, -0.15) is 3.97 Å². The normalized spacial score (nSPS) is 17.1. The number of aromatic nitrogens is 1. The SMILES string of the molecule is CS(=O)(=O)n1c(=O)sc2ccc(NC(=O)c3ccc(NS(=O)(=O)CCO)cc3N3CCC4(CC3)CC4)cc21. The molecule has 2 heterocycles. The number of nitrogens with one attached hydrogen (secondary N) is 2. The van der Waals surface area contributed by atoms with E-state index in [4.69, 9.17) is 5.11 Å². The van der Waals surface area contributed by atoms with Gasteiger partial charge >= 0.3 is 4.87 Å². The average Bonchev–Trinajstić information content (AvgIpc) is 3.49. The second kappa shape index (κ2) is 9.67. The number of amides is 1. The maximum atomic E-state index is 13.4. The van der Waals surface area contributed by atoms with Crippen molar-refractivity contribution in [3.8, 4) is 0 Å². The van der Waals surface area contributed by atoms with E-state index in [-0.39, 0.29) is 11.2 Å². The van der Waals surface area contributed by atoms with E-state index in [1.165, 1.54) is 25.0 Å². The first-order chi connectivity index (χ1) is 17.9. The highest BCUT2D eigenvalue weighted by Gasteiger charge is 2.44. The minimum atomic E-state index is -3.84. The number of benzene rings is 2. The molecule has 1 saturated heterocycles. The molecule has 0 radical (unpaired) electrons. The predicted octanol–water partition coefficient (Wildman–Crippen LogP) is 2.24. The van der Waals surface area contributed by atoms with E-state index >= 15 is 0 Å². The Balaban J connectivity index is 1.47. The van der Waals surface area contributed by atoms with E-state index < -0.39 is 43.2 Å². The predicted molar refractivity (Wildman–Crippen MR) is 148 cm³/mol. The zero-order chi connectivity index (χ0) is 27.3. The van der Waals surface area contributed by atoms with Crippen molar-refractivity contribution in [1.29, 1.82) is 0 Å². The summed E-state index contributed by atoms with van der Waals surface area (Å²) in [4.78, 5) is 27.1. The minimum Gasteiger partial charge on any atom is -0.395 e. The lowest BCUT2D eigenvalue weighted by atomic mass is 9.93. The van der Waals surface area contributed by atoms with E-state index in [0.717, 1.165) is 43.5 Å². The largest absolute Gasteiger partial charge is 0.395 e. The molecule has 11 nitrogen and oxygen atoms in total. The van der Waals surface area contributed by atoms with E-state index in [9.17, 15) is 26.4 Å². The Bertz CT molecular complexity index is 1680. The van der Waals surface area contributed by atoms with Crippen LogP contribution in [0.15, 0.2) is 41.2 Å². The Labute approximate surface area is 224 Å². The number of piperidine rings is 1. The Morgan fingerprint density at radius 2 is 1.71 bits per heavy atom. The van der Waals surface area contributed by atoms with Gasteiger partial charge in [-0.05, 0) is 67.5 Å². The van der Waals surface area contributed by atoms with Crippen LogP contribution in [0, 0.1) is 5.41 Å². The number of aliphatic hydroxyl groups is 1. The van der Waals surface area contributed by atoms with Gasteiger partial charge in [0, 0.05) is 18.8 Å². The van der Waals surface area contributed by atoms with Crippen molar-refractivity contribution < 1.29 is 26.7 Å². The van der Waals surface area contributed by atoms with Crippen LogP contribution in [-0.4, -0.2) is 63.5 Å². The van der Waals surface area contributed by atoms with E-state index in [2.05, 4.69) is 14.9 Å². The van der Waals surface area contributed by atoms with Crippen LogP contribution in [0.4, 0.5) is 17.1 Å². The van der Waals surface area contributed by atoms with Crippen molar-refractivity contribution in [2.24, 2.45) is 5.41 Å². The molecule has 0 bridgehead atoms. The van der Waals surface area contributed by atoms with Gasteiger partial charge in [0.2, 0.25) is 20.0 Å². The molecule has 14 heteroatoms. The van der Waals surface area contributed by atoms with E-state index in [0.29, 0.717) is 31.0 Å². The van der Waals surface area contributed by atoms with Crippen LogP contribution in [-0.2, 0) is 20.0 Å². The highest BCUT2D eigenvalue weighted by atomic mass is 32.2. The van der Waals surface area contributed by atoms with Gasteiger partial charge in [0.1, 0.15) is 0 Å². The number of thiazole rings is 1. The number of aliphatic hydroxyl groups excluding tert-OH is 1. The molecule has 1 aromatic heterocycles. The van der Waals surface area contributed by atoms with E-state index in [1.807, 2.05) is 0 Å². The Kier molecular flexibility index (Phi) is 6.78. The fourth-order valence-corrected chi connectivity index (χ4v) is 7.83. The molecule has 2 aliphatic rings. The molecular weight excluding hydrogens is 552 g/mol. The highest BCUT2D eigenvalue weighted by Crippen LogP contribution is 2.54. The molecule has 1 amide bonds. The molecule has 0 unspecified atom stereocenters. The van der Waals surface area contributed by atoms with Crippen LogP contribution >= 0.6 is 11.3 Å². The van der Waals surface area contributed by atoms with Crippen molar-refractivity contribution in [2.75, 3.05) is 46.6 Å². The maximum Gasteiger partial charge on any atom is 0.321 e. The van der Waals surface area contributed by atoms with Crippen LogP contribution in [0.1, 0.15) is 36.0 Å². The van der Waals surface area contributed by atoms with Crippen LogP contribution < -0.4 is 19.8 Å². The molecule has 3 N–H and O–H groups in total. The van der Waals surface area contributed by atoms with Crippen LogP contribution in [0.3, 0.4) is 0 Å². The molecule has 2 aromatic carbocycles. The Hall–Kier alpha value is -2.94. The second-order valence-corrected chi connectivity index (χ2v) is 14.6. The summed E-state index contributed by atoms with van der Waals surface area (Å²) in [5.74, 6) is -0.903. The number of fused-ring (bicyclic) bond motifs is 1. The summed E-state index contributed by atoms with van der Waals surface area (Å²) in [6.07, 6.45) is 5.34. The van der Waals surface area contributed by atoms with Crippen molar-refractivity contribution in [3.05, 3.63) is 51.6 Å². The molecule has 1 spiro atoms. The third kappa shape index (κ3) is 5.44. The fourth-order valence-electron chi connectivity index (χ4n) is 4.88. The molecular formula is C24H28N4O7S3. The first-order valence-electron chi connectivity index (χ1n) is 12.1. The third-order valence-corrected chi connectivity index (χ3v) is 10.5. The van der Waals surface area contributed by atoms with Crippen molar-refractivity contribution >= 4 is 64.6 Å². The molecule has 1 aliphatic carbocycles. The number of nitrogens with zero attached hydrogens (tertiary/aromatic N) is 2. The number of hydrogen-bond acceptors (Lipinski definition) is 9. The summed E-state index contributed by atoms with van der Waals surface area (Å²) in [6, 6.07) is 9.27. The highest BCUT2D eigenvalue weighted by molar-refractivity contribution is 7.92. The number of sulfonamides is 1. The van der Waals surface area contributed by atoms with Crippen LogP contribution in [0.2, 0.25) is 0 Å². The third-order valence-electron chi connectivity index (χ3n) is 7.13. The van der Waals surface area contributed by atoms with Gasteiger partial charge in [0.05, 0.1) is 45.8 Å². The summed E-state index contributed by atoms with van der Waals surface area (Å²) in [5.41, 5.74) is 2.07. The number of carbonyl (C=O) groups excluding carboxylic acids is 1. The summed E-state index contributed by atoms with van der Waals surface area (Å²) in [6.45, 7) is 0.946. The van der Waals surface area contributed by atoms with Gasteiger partial charge in [-0.25, -0.2) is 16.8 Å². The molecule has 38 heavy (non-hydrogen) atoms. The van der Waals surface area contributed by atoms with Gasteiger partial charge in [-0.1, -0.05) is 11.3 Å². The molecule has 1 aliphatic heterocycles. The number of carbonyl (C=O) groups is 1. The number of rotatable bonds is 8. The first-order valence-corrected chi connectivity index (χ1v) is 16.4. The van der Waals surface area contributed by atoms with Crippen molar-refractivity contribution in [3.63, 3.8) is 0 Å².